The molecule has 0 unspecified atom stereocenters. The van der Waals surface area contributed by atoms with Crippen LogP contribution in [0.15, 0.2) is 47.4 Å². The molecule has 1 saturated heterocycles. The summed E-state index contributed by atoms with van der Waals surface area (Å²) < 4.78 is 26.9. The van der Waals surface area contributed by atoms with Gasteiger partial charge in [0.1, 0.15) is 4.90 Å². The minimum Gasteiger partial charge on any atom is -0.336 e. The van der Waals surface area contributed by atoms with Gasteiger partial charge in [0.05, 0.1) is 5.02 Å². The summed E-state index contributed by atoms with van der Waals surface area (Å²) in [5, 5.41) is 0.209. The Morgan fingerprint density at radius 1 is 0.962 bits per heavy atom. The first-order chi connectivity index (χ1) is 12.3. The number of nitrogens with zero attached hydrogens (tertiary/aromatic N) is 2. The number of aryl methyl sites for hydroxylation is 2. The Balaban J connectivity index is 1.72. The standard InChI is InChI=1S/C19H21ClN2O3S/c1-14-7-8-16(13-15(14)2)19(23)21-9-11-22(12-10-21)26(24,25)18-6-4-3-5-17(18)20/h3-8,13H,9-12H2,1-2H3. The van der Waals surface area contributed by atoms with Gasteiger partial charge in [-0.2, -0.15) is 4.31 Å². The number of piperazine rings is 1. The third-order valence-corrected chi connectivity index (χ3v) is 7.13. The summed E-state index contributed by atoms with van der Waals surface area (Å²) in [5.41, 5.74) is 2.84. The van der Waals surface area contributed by atoms with Gasteiger partial charge >= 0.3 is 0 Å². The molecule has 2 aromatic carbocycles. The molecule has 0 spiro atoms. The van der Waals surface area contributed by atoms with Gasteiger partial charge in [0, 0.05) is 31.7 Å². The van der Waals surface area contributed by atoms with Crippen LogP contribution in [0.2, 0.25) is 5.02 Å². The molecule has 1 amide bonds. The van der Waals surface area contributed by atoms with Gasteiger partial charge in [-0.15, -0.1) is 0 Å². The van der Waals surface area contributed by atoms with Gasteiger partial charge in [0.25, 0.3) is 5.91 Å². The zero-order chi connectivity index (χ0) is 18.9. The maximum atomic E-state index is 12.8. The van der Waals surface area contributed by atoms with Crippen molar-refractivity contribution in [2.75, 3.05) is 26.2 Å². The number of sulfonamides is 1. The summed E-state index contributed by atoms with van der Waals surface area (Å²) in [5.74, 6) is -0.0668. The lowest BCUT2D eigenvalue weighted by Crippen LogP contribution is -2.50. The van der Waals surface area contributed by atoms with E-state index in [-0.39, 0.29) is 28.9 Å². The number of halogens is 1. The quantitative estimate of drug-likeness (QED) is 0.806. The van der Waals surface area contributed by atoms with Crippen LogP contribution in [0.3, 0.4) is 0 Å². The molecule has 1 fully saturated rings. The second-order valence-electron chi connectivity index (χ2n) is 6.43. The van der Waals surface area contributed by atoms with E-state index in [9.17, 15) is 13.2 Å². The van der Waals surface area contributed by atoms with Crippen LogP contribution < -0.4 is 0 Å². The number of hydrogen-bond donors (Lipinski definition) is 0. The Kier molecular flexibility index (Phi) is 5.37. The Morgan fingerprint density at radius 2 is 1.62 bits per heavy atom. The molecule has 0 radical (unpaired) electrons. The molecular weight excluding hydrogens is 372 g/mol. The van der Waals surface area contributed by atoms with Crippen molar-refractivity contribution in [2.45, 2.75) is 18.7 Å². The number of hydrogen-bond acceptors (Lipinski definition) is 3. The Bertz CT molecular complexity index is 936. The molecule has 2 aromatic rings. The maximum Gasteiger partial charge on any atom is 0.253 e. The van der Waals surface area contributed by atoms with E-state index in [4.69, 9.17) is 11.6 Å². The molecule has 5 nitrogen and oxygen atoms in total. The lowest BCUT2D eigenvalue weighted by atomic mass is 10.1. The third kappa shape index (κ3) is 3.63. The average Bonchev–Trinajstić information content (AvgIpc) is 2.63. The third-order valence-electron chi connectivity index (χ3n) is 4.73. The van der Waals surface area contributed by atoms with E-state index in [1.54, 1.807) is 23.1 Å². The molecule has 1 aliphatic heterocycles. The van der Waals surface area contributed by atoms with E-state index in [1.165, 1.54) is 10.4 Å². The summed E-state index contributed by atoms with van der Waals surface area (Å²) in [4.78, 5) is 14.5. The Morgan fingerprint density at radius 3 is 2.23 bits per heavy atom. The number of rotatable bonds is 3. The molecule has 0 saturated carbocycles. The second kappa shape index (κ2) is 7.39. The highest BCUT2D eigenvalue weighted by Crippen LogP contribution is 2.25. The predicted octanol–water partition coefficient (Wildman–Crippen LogP) is 3.10. The van der Waals surface area contributed by atoms with Crippen LogP contribution in [-0.2, 0) is 10.0 Å². The molecule has 0 atom stereocenters. The van der Waals surface area contributed by atoms with Gasteiger partial charge in [0.15, 0.2) is 0 Å². The van der Waals surface area contributed by atoms with Crippen LogP contribution >= 0.6 is 11.6 Å². The second-order valence-corrected chi connectivity index (χ2v) is 8.74. The molecule has 0 aliphatic carbocycles. The van der Waals surface area contributed by atoms with Crippen molar-refractivity contribution in [1.82, 2.24) is 9.21 Å². The minimum atomic E-state index is -3.66. The normalized spacial score (nSPS) is 15.9. The van der Waals surface area contributed by atoms with Gasteiger partial charge in [-0.1, -0.05) is 29.8 Å². The van der Waals surface area contributed by atoms with Gasteiger partial charge in [-0.3, -0.25) is 4.79 Å². The summed E-state index contributed by atoms with van der Waals surface area (Å²) in [6.07, 6.45) is 0. The van der Waals surface area contributed by atoms with Crippen LogP contribution in [-0.4, -0.2) is 49.7 Å². The number of amides is 1. The lowest BCUT2D eigenvalue weighted by molar-refractivity contribution is 0.0698. The van der Waals surface area contributed by atoms with Gasteiger partial charge in [-0.25, -0.2) is 8.42 Å². The van der Waals surface area contributed by atoms with E-state index in [0.717, 1.165) is 11.1 Å². The molecule has 3 rings (SSSR count). The van der Waals surface area contributed by atoms with Crippen molar-refractivity contribution < 1.29 is 13.2 Å². The molecule has 0 N–H and O–H groups in total. The van der Waals surface area contributed by atoms with E-state index in [2.05, 4.69) is 0 Å². The number of benzene rings is 2. The Hall–Kier alpha value is -1.89. The highest BCUT2D eigenvalue weighted by atomic mass is 35.5. The smallest absolute Gasteiger partial charge is 0.253 e. The topological polar surface area (TPSA) is 57.7 Å². The van der Waals surface area contributed by atoms with Gasteiger partial charge in [0.2, 0.25) is 10.0 Å². The maximum absolute atomic E-state index is 12.8. The van der Waals surface area contributed by atoms with Crippen LogP contribution in [0.1, 0.15) is 21.5 Å². The van der Waals surface area contributed by atoms with Gasteiger partial charge in [-0.05, 0) is 49.2 Å². The lowest BCUT2D eigenvalue weighted by Gasteiger charge is -2.34. The first kappa shape index (κ1) is 18.9. The minimum absolute atomic E-state index is 0.0668. The molecule has 1 heterocycles. The molecule has 26 heavy (non-hydrogen) atoms. The van der Waals surface area contributed by atoms with Gasteiger partial charge < -0.3 is 4.90 Å². The number of carbonyl (C=O) groups is 1. The van der Waals surface area contributed by atoms with Crippen molar-refractivity contribution in [3.05, 3.63) is 64.2 Å². The Labute approximate surface area is 159 Å². The van der Waals surface area contributed by atoms with Crippen molar-refractivity contribution in [1.29, 1.82) is 0 Å². The SMILES string of the molecule is Cc1ccc(C(=O)N2CCN(S(=O)(=O)c3ccccc3Cl)CC2)cc1C. The molecule has 0 bridgehead atoms. The fourth-order valence-electron chi connectivity index (χ4n) is 2.98. The van der Waals surface area contributed by atoms with E-state index in [0.29, 0.717) is 18.7 Å². The van der Waals surface area contributed by atoms with Crippen LogP contribution in [0.4, 0.5) is 0 Å². The predicted molar refractivity (Wildman–Crippen MR) is 102 cm³/mol. The van der Waals surface area contributed by atoms with Crippen molar-refractivity contribution >= 4 is 27.5 Å². The highest BCUT2D eigenvalue weighted by molar-refractivity contribution is 7.89. The van der Waals surface area contributed by atoms with Crippen LogP contribution in [0.5, 0.6) is 0 Å². The first-order valence-corrected chi connectivity index (χ1v) is 10.2. The largest absolute Gasteiger partial charge is 0.336 e. The zero-order valence-electron chi connectivity index (χ0n) is 14.8. The fraction of sp³-hybridized carbons (Fsp3) is 0.316. The summed E-state index contributed by atoms with van der Waals surface area (Å²) in [7, 11) is -3.66. The van der Waals surface area contributed by atoms with Crippen molar-refractivity contribution in [3.8, 4) is 0 Å². The summed E-state index contributed by atoms with van der Waals surface area (Å²) >= 11 is 6.04. The molecule has 138 valence electrons. The highest BCUT2D eigenvalue weighted by Gasteiger charge is 2.31. The van der Waals surface area contributed by atoms with Crippen molar-refractivity contribution in [2.24, 2.45) is 0 Å². The van der Waals surface area contributed by atoms with Crippen molar-refractivity contribution in [3.63, 3.8) is 0 Å². The summed E-state index contributed by atoms with van der Waals surface area (Å²) in [6, 6.07) is 12.0. The molecule has 0 aromatic heterocycles. The first-order valence-electron chi connectivity index (χ1n) is 8.42. The average molecular weight is 393 g/mol. The monoisotopic (exact) mass is 392 g/mol. The van der Waals surface area contributed by atoms with E-state index >= 15 is 0 Å². The van der Waals surface area contributed by atoms with Crippen LogP contribution in [0, 0.1) is 13.8 Å². The molecular formula is C19H21ClN2O3S. The number of carbonyl (C=O) groups excluding carboxylic acids is 1. The van der Waals surface area contributed by atoms with E-state index in [1.807, 2.05) is 32.0 Å². The summed E-state index contributed by atoms with van der Waals surface area (Å²) in [6.45, 7) is 5.20. The zero-order valence-corrected chi connectivity index (χ0v) is 16.3. The van der Waals surface area contributed by atoms with E-state index < -0.39 is 10.0 Å². The van der Waals surface area contributed by atoms with Crippen LogP contribution in [0.25, 0.3) is 0 Å². The molecule has 7 heteroatoms. The fourth-order valence-corrected chi connectivity index (χ4v) is 4.90. The molecule has 1 aliphatic rings.